The smallest absolute Gasteiger partial charge is 0.460 e. The quantitative estimate of drug-likeness (QED) is 0.135. The molecule has 0 heterocycles. The standard InChI is InChI=1S/C18HF29O/c19-2-1(6(48)5(22)4(21)3(2)20)7(23,24)8(25,26)9(27,28)10(29,30)11(31,32)12(33,34)13(35,36)14(37,38)15(39,40)16(41,42)17(43,44)18(45,46)47/h48H. The molecule has 1 aromatic carbocycles. The SMILES string of the molecule is Oc1c(F)c(F)c(F)c(F)c1C(F)(F)C(F)(F)C(F)(F)C(F)(F)C(F)(F)C(F)(F)C(F)(F)C(F)(F)C(F)(F)C(F)(F)C(F)(F)C(F)(F)F. The molecule has 0 radical (unpaired) electrons. The highest BCUT2D eigenvalue weighted by Gasteiger charge is 2.99. The summed E-state index contributed by atoms with van der Waals surface area (Å²) in [6.07, 6.45) is -8.28. The molecule has 0 unspecified atom stereocenters. The zero-order valence-corrected chi connectivity index (χ0v) is 20.4. The Bertz CT molecular complexity index is 1370. The van der Waals surface area contributed by atoms with Gasteiger partial charge in [0, 0.05) is 0 Å². The monoisotopic (exact) mass is 784 g/mol. The lowest BCUT2D eigenvalue weighted by Gasteiger charge is -2.45. The molecule has 1 N–H and O–H groups in total. The first kappa shape index (κ1) is 43.0. The lowest BCUT2D eigenvalue weighted by atomic mass is 9.83. The molecule has 0 aromatic heterocycles. The number of aromatic hydroxyl groups is 1. The van der Waals surface area contributed by atoms with Crippen LogP contribution in [-0.4, -0.2) is 70.5 Å². The summed E-state index contributed by atoms with van der Waals surface area (Å²) in [6, 6.07) is 0. The van der Waals surface area contributed by atoms with Gasteiger partial charge in [-0.1, -0.05) is 0 Å². The predicted octanol–water partition coefficient (Wildman–Crippen LogP) is 9.96. The minimum atomic E-state index is -9.88. The summed E-state index contributed by atoms with van der Waals surface area (Å²) < 4.78 is 389. The van der Waals surface area contributed by atoms with Crippen LogP contribution in [0.3, 0.4) is 0 Å². The Morgan fingerprint density at radius 2 is 0.479 bits per heavy atom. The Morgan fingerprint density at radius 1 is 0.271 bits per heavy atom. The minimum absolute atomic E-state index is 3.52. The van der Waals surface area contributed by atoms with Crippen LogP contribution in [0.5, 0.6) is 5.75 Å². The van der Waals surface area contributed by atoms with E-state index in [1.807, 2.05) is 0 Å². The van der Waals surface area contributed by atoms with E-state index >= 15 is 0 Å². The van der Waals surface area contributed by atoms with Crippen LogP contribution >= 0.6 is 0 Å². The molecule has 1 nitrogen and oxygen atoms in total. The van der Waals surface area contributed by atoms with E-state index in [1.54, 1.807) is 0 Å². The second kappa shape index (κ2) is 10.7. The van der Waals surface area contributed by atoms with Crippen molar-refractivity contribution < 1.29 is 132 Å². The number of alkyl halides is 25. The van der Waals surface area contributed by atoms with Gasteiger partial charge in [-0.3, -0.25) is 0 Å². The average Bonchev–Trinajstić information content (AvgIpc) is 2.88. The van der Waals surface area contributed by atoms with E-state index in [9.17, 15) is 127 Å². The molecule has 48 heavy (non-hydrogen) atoms. The molecular formula is C18HF29O. The molecule has 1 aromatic rings. The highest BCUT2D eigenvalue weighted by Crippen LogP contribution is 2.68. The summed E-state index contributed by atoms with van der Waals surface area (Å²) in [5, 5.41) is 8.81. The molecule has 0 amide bonds. The van der Waals surface area contributed by atoms with Crippen LogP contribution in [0.2, 0.25) is 0 Å². The average molecular weight is 784 g/mol. The van der Waals surface area contributed by atoms with Gasteiger partial charge in [0.1, 0.15) is 5.56 Å². The zero-order chi connectivity index (χ0) is 39.5. The lowest BCUT2D eigenvalue weighted by Crippen LogP contribution is -2.78. The van der Waals surface area contributed by atoms with Gasteiger partial charge in [-0.25, -0.2) is 13.2 Å². The van der Waals surface area contributed by atoms with Crippen molar-refractivity contribution in [3.05, 3.63) is 28.8 Å². The van der Waals surface area contributed by atoms with Gasteiger partial charge in [0.2, 0.25) is 11.6 Å². The van der Waals surface area contributed by atoms with Crippen LogP contribution in [0.25, 0.3) is 0 Å². The largest absolute Gasteiger partial charge is 0.504 e. The second-order valence-electron chi connectivity index (χ2n) is 8.80. The Morgan fingerprint density at radius 3 is 0.729 bits per heavy atom. The molecule has 282 valence electrons. The van der Waals surface area contributed by atoms with Crippen LogP contribution < -0.4 is 0 Å². The maximum atomic E-state index is 14.1. The third-order valence-corrected chi connectivity index (χ3v) is 5.86. The normalized spacial score (nSPS) is 16.1. The van der Waals surface area contributed by atoms with E-state index in [0.717, 1.165) is 0 Å². The van der Waals surface area contributed by atoms with Crippen molar-refractivity contribution in [2.75, 3.05) is 0 Å². The fourth-order valence-corrected chi connectivity index (χ4v) is 3.02. The molecule has 0 aliphatic heterocycles. The summed E-state index contributed by atoms with van der Waals surface area (Å²) in [5.74, 6) is -122. The van der Waals surface area contributed by atoms with Gasteiger partial charge in [-0.2, -0.15) is 114 Å². The highest BCUT2D eigenvalue weighted by atomic mass is 19.4. The fourth-order valence-electron chi connectivity index (χ4n) is 3.02. The van der Waals surface area contributed by atoms with E-state index in [-0.39, 0.29) is 0 Å². The van der Waals surface area contributed by atoms with Crippen molar-refractivity contribution in [3.63, 3.8) is 0 Å². The molecule has 1 rings (SSSR count). The highest BCUT2D eigenvalue weighted by molar-refractivity contribution is 5.42. The van der Waals surface area contributed by atoms with Crippen LogP contribution in [0, 0.1) is 23.3 Å². The molecular weight excluding hydrogens is 783 g/mol. The Hall–Kier alpha value is -3.01. The molecule has 30 heteroatoms. The summed E-state index contributed by atoms with van der Waals surface area (Å²) in [6.45, 7) is 0. The number of halogens is 29. The number of rotatable bonds is 11. The Balaban J connectivity index is 4.06. The van der Waals surface area contributed by atoms with Crippen molar-refractivity contribution >= 4 is 0 Å². The number of hydrogen-bond acceptors (Lipinski definition) is 1. The maximum absolute atomic E-state index is 14.1. The van der Waals surface area contributed by atoms with Gasteiger partial charge in [-0.15, -0.1) is 0 Å². The molecule has 0 bridgehead atoms. The molecule has 0 atom stereocenters. The van der Waals surface area contributed by atoms with Crippen LogP contribution in [0.15, 0.2) is 0 Å². The van der Waals surface area contributed by atoms with Crippen molar-refractivity contribution in [2.45, 2.75) is 71.3 Å². The predicted molar refractivity (Wildman–Crippen MR) is 87.4 cm³/mol. The van der Waals surface area contributed by atoms with Crippen molar-refractivity contribution in [3.8, 4) is 5.75 Å². The summed E-state index contributed by atoms with van der Waals surface area (Å²) in [4.78, 5) is 0. The van der Waals surface area contributed by atoms with Crippen molar-refractivity contribution in [2.24, 2.45) is 0 Å². The summed E-state index contributed by atoms with van der Waals surface area (Å²) in [7, 11) is 0. The van der Waals surface area contributed by atoms with Crippen molar-refractivity contribution in [1.82, 2.24) is 0 Å². The van der Waals surface area contributed by atoms with Gasteiger partial charge in [-0.05, 0) is 0 Å². The lowest BCUT2D eigenvalue weighted by molar-refractivity contribution is -0.482. The van der Waals surface area contributed by atoms with Crippen molar-refractivity contribution in [1.29, 1.82) is 0 Å². The molecule has 0 aliphatic carbocycles. The molecule has 0 fully saturated rings. The van der Waals surface area contributed by atoms with Gasteiger partial charge in [0.05, 0.1) is 0 Å². The van der Waals surface area contributed by atoms with E-state index < -0.39 is 106 Å². The molecule has 0 aliphatic rings. The van der Waals surface area contributed by atoms with Gasteiger partial charge in [0.25, 0.3) is 0 Å². The van der Waals surface area contributed by atoms with E-state index in [0.29, 0.717) is 0 Å². The van der Waals surface area contributed by atoms with Gasteiger partial charge < -0.3 is 5.11 Å². The third kappa shape index (κ3) is 4.78. The molecule has 0 spiro atoms. The van der Waals surface area contributed by atoms with E-state index in [2.05, 4.69) is 0 Å². The van der Waals surface area contributed by atoms with Crippen LogP contribution in [0.4, 0.5) is 127 Å². The Labute approximate surface area is 239 Å². The summed E-state index contributed by atoms with van der Waals surface area (Å²) in [5.41, 5.74) is -4.49. The molecule has 0 saturated carbocycles. The first-order chi connectivity index (χ1) is 20.4. The van der Waals surface area contributed by atoms with E-state index in [1.165, 1.54) is 0 Å². The zero-order valence-electron chi connectivity index (χ0n) is 20.4. The number of benzene rings is 1. The first-order valence-electron chi connectivity index (χ1n) is 10.2. The minimum Gasteiger partial charge on any atom is -0.504 e. The first-order valence-corrected chi connectivity index (χ1v) is 10.2. The fraction of sp³-hybridized carbons (Fsp3) is 0.667. The van der Waals surface area contributed by atoms with Gasteiger partial charge >= 0.3 is 71.3 Å². The van der Waals surface area contributed by atoms with Crippen LogP contribution in [-0.2, 0) is 5.92 Å². The molecule has 0 saturated heterocycles. The number of phenolic OH excluding ortho intramolecular Hbond substituents is 1. The van der Waals surface area contributed by atoms with Gasteiger partial charge in [0.15, 0.2) is 17.4 Å². The van der Waals surface area contributed by atoms with Crippen LogP contribution in [0.1, 0.15) is 5.56 Å². The second-order valence-corrected chi connectivity index (χ2v) is 8.80. The Kier molecular flexibility index (Phi) is 9.63. The number of hydrogen-bond donors (Lipinski definition) is 1. The number of phenols is 1. The van der Waals surface area contributed by atoms with E-state index in [4.69, 9.17) is 5.11 Å². The maximum Gasteiger partial charge on any atom is 0.460 e. The summed E-state index contributed by atoms with van der Waals surface area (Å²) >= 11 is 0. The third-order valence-electron chi connectivity index (χ3n) is 5.86. The topological polar surface area (TPSA) is 20.2 Å².